The molecule has 1 atom stereocenters. The molecule has 0 aliphatic carbocycles. The first-order valence-corrected chi connectivity index (χ1v) is 8.04. The summed E-state index contributed by atoms with van der Waals surface area (Å²) >= 11 is 0. The molecule has 124 valence electrons. The highest BCUT2D eigenvalue weighted by atomic mass is 16.4. The molecule has 0 bridgehead atoms. The van der Waals surface area contributed by atoms with E-state index in [4.69, 9.17) is 5.11 Å². The van der Waals surface area contributed by atoms with Crippen molar-refractivity contribution in [2.45, 2.75) is 26.8 Å². The molecule has 2 aromatic carbocycles. The molecule has 0 aromatic heterocycles. The summed E-state index contributed by atoms with van der Waals surface area (Å²) in [4.78, 5) is 11.0. The number of allylic oxidation sites excluding steroid dienone is 1. The Morgan fingerprint density at radius 2 is 1.96 bits per heavy atom. The lowest BCUT2D eigenvalue weighted by Crippen LogP contribution is -2.21. The average molecular weight is 321 g/mol. The van der Waals surface area contributed by atoms with E-state index < -0.39 is 11.4 Å². The second-order valence-electron chi connectivity index (χ2n) is 6.30. The maximum Gasteiger partial charge on any atom is 0.321 e. The normalized spacial score (nSPS) is 12.8. The Hall–Kier alpha value is -2.57. The minimum atomic E-state index is -1.02. The van der Waals surface area contributed by atoms with E-state index in [9.17, 15) is 4.79 Å². The van der Waals surface area contributed by atoms with E-state index in [2.05, 4.69) is 60.5 Å². The van der Waals surface area contributed by atoms with Crippen LogP contribution in [0, 0.1) is 17.3 Å². The summed E-state index contributed by atoms with van der Waals surface area (Å²) in [6.07, 6.45) is 3.61. The third-order valence-corrected chi connectivity index (χ3v) is 3.95. The first kappa shape index (κ1) is 17.8. The first-order valence-electron chi connectivity index (χ1n) is 8.04. The van der Waals surface area contributed by atoms with Crippen molar-refractivity contribution in [1.82, 2.24) is 5.32 Å². The molecule has 1 unspecified atom stereocenters. The van der Waals surface area contributed by atoms with Gasteiger partial charge in [0.25, 0.3) is 0 Å². The van der Waals surface area contributed by atoms with E-state index in [0.29, 0.717) is 6.54 Å². The third-order valence-electron chi connectivity index (χ3n) is 3.95. The summed E-state index contributed by atoms with van der Waals surface area (Å²) in [5.41, 5.74) is 0.244. The van der Waals surface area contributed by atoms with Crippen molar-refractivity contribution in [3.8, 4) is 11.8 Å². The van der Waals surface area contributed by atoms with Gasteiger partial charge in [0.2, 0.25) is 0 Å². The highest BCUT2D eigenvalue weighted by Crippen LogP contribution is 2.23. The number of carboxylic acids is 1. The zero-order valence-electron chi connectivity index (χ0n) is 14.3. The lowest BCUT2D eigenvalue weighted by molar-refractivity contribution is -0.143. The number of rotatable bonds is 5. The van der Waals surface area contributed by atoms with Gasteiger partial charge in [0, 0.05) is 12.6 Å². The van der Waals surface area contributed by atoms with Gasteiger partial charge in [0.05, 0.1) is 0 Å². The van der Waals surface area contributed by atoms with Gasteiger partial charge in [0.1, 0.15) is 5.41 Å². The molecule has 3 nitrogen and oxygen atoms in total. The molecule has 0 amide bonds. The number of hydrogen-bond donors (Lipinski definition) is 2. The number of benzene rings is 2. The number of carboxylic acid groups (broad SMARTS) is 1. The van der Waals surface area contributed by atoms with Gasteiger partial charge in [-0.2, -0.15) is 0 Å². The molecule has 2 aromatic rings. The lowest BCUT2D eigenvalue weighted by atomic mass is 9.95. The van der Waals surface area contributed by atoms with Gasteiger partial charge in [0.15, 0.2) is 0 Å². The first-order chi connectivity index (χ1) is 11.4. The number of aliphatic carboxylic acids is 1. The Morgan fingerprint density at radius 1 is 1.25 bits per heavy atom. The minimum Gasteiger partial charge on any atom is -0.480 e. The minimum absolute atomic E-state index is 0.212. The molecule has 0 saturated heterocycles. The molecule has 0 aliphatic rings. The van der Waals surface area contributed by atoms with E-state index >= 15 is 0 Å². The van der Waals surface area contributed by atoms with Crippen LogP contribution in [0.15, 0.2) is 54.6 Å². The summed E-state index contributed by atoms with van der Waals surface area (Å²) in [6, 6.07) is 14.9. The van der Waals surface area contributed by atoms with Crippen LogP contribution in [-0.2, 0) is 4.79 Å². The van der Waals surface area contributed by atoms with Gasteiger partial charge in [-0.3, -0.25) is 4.79 Å². The molecule has 0 saturated carbocycles. The molecule has 0 spiro atoms. The highest BCUT2D eigenvalue weighted by molar-refractivity contribution is 5.86. The fourth-order valence-corrected chi connectivity index (χ4v) is 2.38. The van der Waals surface area contributed by atoms with Crippen molar-refractivity contribution in [3.05, 3.63) is 60.2 Å². The number of fused-ring (bicyclic) bond motifs is 1. The second kappa shape index (κ2) is 7.81. The lowest BCUT2D eigenvalue weighted by Gasteiger charge is -2.15. The third kappa shape index (κ3) is 4.47. The summed E-state index contributed by atoms with van der Waals surface area (Å²) in [5.74, 6) is 4.63. The molecule has 2 rings (SSSR count). The van der Waals surface area contributed by atoms with Crippen LogP contribution < -0.4 is 5.32 Å². The number of nitrogens with one attached hydrogen (secondary N) is 1. The van der Waals surface area contributed by atoms with E-state index in [-0.39, 0.29) is 6.04 Å². The molecule has 0 heterocycles. The van der Waals surface area contributed by atoms with E-state index in [1.54, 1.807) is 19.9 Å². The quantitative estimate of drug-likeness (QED) is 0.813. The topological polar surface area (TPSA) is 49.3 Å². The van der Waals surface area contributed by atoms with Crippen LogP contribution >= 0.6 is 0 Å². The monoisotopic (exact) mass is 321 g/mol. The summed E-state index contributed by atoms with van der Waals surface area (Å²) in [7, 11) is 0. The number of carbonyl (C=O) groups is 1. The molecular weight excluding hydrogens is 298 g/mol. The molecule has 3 heteroatoms. The predicted molar refractivity (Wildman–Crippen MR) is 98.7 cm³/mol. The van der Waals surface area contributed by atoms with Gasteiger partial charge in [-0.25, -0.2) is 0 Å². The largest absolute Gasteiger partial charge is 0.480 e. The Morgan fingerprint density at radius 3 is 2.71 bits per heavy atom. The van der Waals surface area contributed by atoms with Crippen LogP contribution in [0.2, 0.25) is 0 Å². The summed E-state index contributed by atoms with van der Waals surface area (Å²) in [6.45, 7) is 6.00. The molecule has 0 radical (unpaired) electrons. The van der Waals surface area contributed by atoms with Crippen LogP contribution in [-0.4, -0.2) is 17.6 Å². The Labute approximate surface area is 143 Å². The average Bonchev–Trinajstić information content (AvgIpc) is 2.57. The van der Waals surface area contributed by atoms with Crippen molar-refractivity contribution < 1.29 is 9.90 Å². The van der Waals surface area contributed by atoms with Crippen LogP contribution in [0.5, 0.6) is 0 Å². The Bertz CT molecular complexity index is 804. The molecular formula is C21H23NO2. The van der Waals surface area contributed by atoms with E-state index in [0.717, 1.165) is 0 Å². The Kier molecular flexibility index (Phi) is 5.78. The zero-order valence-corrected chi connectivity index (χ0v) is 14.3. The van der Waals surface area contributed by atoms with Gasteiger partial charge in [-0.05, 0) is 43.2 Å². The van der Waals surface area contributed by atoms with Crippen molar-refractivity contribution in [1.29, 1.82) is 0 Å². The van der Waals surface area contributed by atoms with Gasteiger partial charge < -0.3 is 10.4 Å². The molecule has 2 N–H and O–H groups in total. The zero-order chi connectivity index (χ0) is 17.6. The van der Waals surface area contributed by atoms with Gasteiger partial charge in [-0.1, -0.05) is 60.4 Å². The summed E-state index contributed by atoms with van der Waals surface area (Å²) < 4.78 is 0. The number of hydrogen-bond acceptors (Lipinski definition) is 2. The fraction of sp³-hybridized carbons (Fsp3) is 0.286. The van der Waals surface area contributed by atoms with Crippen molar-refractivity contribution in [2.24, 2.45) is 5.41 Å². The second-order valence-corrected chi connectivity index (χ2v) is 6.30. The predicted octanol–water partition coefficient (Wildman–Crippen LogP) is 4.16. The van der Waals surface area contributed by atoms with Crippen LogP contribution in [0.3, 0.4) is 0 Å². The van der Waals surface area contributed by atoms with Crippen molar-refractivity contribution in [2.75, 3.05) is 6.54 Å². The molecule has 0 aliphatic heterocycles. The fourth-order valence-electron chi connectivity index (χ4n) is 2.38. The van der Waals surface area contributed by atoms with Gasteiger partial charge >= 0.3 is 5.97 Å². The summed E-state index contributed by atoms with van der Waals surface area (Å²) in [5, 5.41) is 14.9. The van der Waals surface area contributed by atoms with Gasteiger partial charge in [-0.15, -0.1) is 0 Å². The van der Waals surface area contributed by atoms with E-state index in [1.807, 2.05) is 12.1 Å². The molecule has 24 heavy (non-hydrogen) atoms. The highest BCUT2D eigenvalue weighted by Gasteiger charge is 2.23. The maximum absolute atomic E-state index is 11.0. The smallest absolute Gasteiger partial charge is 0.321 e. The van der Waals surface area contributed by atoms with Crippen molar-refractivity contribution >= 4 is 16.7 Å². The Balaban J connectivity index is 1.96. The molecule has 0 fully saturated rings. The van der Waals surface area contributed by atoms with Crippen LogP contribution in [0.25, 0.3) is 10.8 Å². The SMILES string of the molecule is CC(NCC=CC#CC(C)(C)C(=O)O)c1cccc2ccccc12. The van der Waals surface area contributed by atoms with Crippen LogP contribution in [0.1, 0.15) is 32.4 Å². The van der Waals surface area contributed by atoms with Crippen molar-refractivity contribution in [3.63, 3.8) is 0 Å². The van der Waals surface area contributed by atoms with Crippen LogP contribution in [0.4, 0.5) is 0 Å². The standard InChI is InChI=1S/C21H23NO2/c1-16(18-13-9-11-17-10-5-6-12-19(17)18)22-15-8-4-7-14-21(2,3)20(23)24/h4-6,8-13,16,22H,15H2,1-3H3,(H,23,24). The van der Waals surface area contributed by atoms with E-state index in [1.165, 1.54) is 16.3 Å². The maximum atomic E-state index is 11.0.